The van der Waals surface area contributed by atoms with Crippen LogP contribution < -0.4 is 0 Å². The van der Waals surface area contributed by atoms with Gasteiger partial charge in [-0.1, -0.05) is 26.2 Å². The van der Waals surface area contributed by atoms with Gasteiger partial charge in [0.2, 0.25) is 0 Å². The van der Waals surface area contributed by atoms with E-state index in [-0.39, 0.29) is 0 Å². The Morgan fingerprint density at radius 1 is 1.00 bits per heavy atom. The highest BCUT2D eigenvalue weighted by molar-refractivity contribution is 4.88. The Balaban J connectivity index is 2.03. The molecule has 70 valence electrons. The van der Waals surface area contributed by atoms with E-state index in [0.29, 0.717) is 11.8 Å². The Kier molecular flexibility index (Phi) is 2.38. The average molecular weight is 170 g/mol. The summed E-state index contributed by atoms with van der Waals surface area (Å²) in [6.45, 7) is 2.08. The third kappa shape index (κ3) is 1.38. The Bertz CT molecular complexity index is 153. The Labute approximate surface area is 74.5 Å². The maximum absolute atomic E-state index is 13.7. The van der Waals surface area contributed by atoms with Crippen molar-refractivity contribution in [3.63, 3.8) is 0 Å². The van der Waals surface area contributed by atoms with Crippen LogP contribution in [0.1, 0.15) is 45.4 Å². The fourth-order valence-electron chi connectivity index (χ4n) is 3.07. The first-order chi connectivity index (χ1) is 5.79. The van der Waals surface area contributed by atoms with Gasteiger partial charge in [0.1, 0.15) is 6.17 Å². The molecule has 0 saturated heterocycles. The summed E-state index contributed by atoms with van der Waals surface area (Å²) in [6.07, 6.45) is 7.03. The highest BCUT2D eigenvalue weighted by atomic mass is 19.1. The second-order valence-corrected chi connectivity index (χ2v) is 4.71. The second kappa shape index (κ2) is 3.35. The molecule has 4 unspecified atom stereocenters. The van der Waals surface area contributed by atoms with E-state index in [1.807, 2.05) is 0 Å². The fraction of sp³-hybridized carbons (Fsp3) is 1.00. The number of fused-ring (bicyclic) bond motifs is 1. The van der Waals surface area contributed by atoms with Crippen molar-refractivity contribution in [3.8, 4) is 0 Å². The SMILES string of the molecule is CC1CCC2CCCCC2C1F. The van der Waals surface area contributed by atoms with Crippen molar-refractivity contribution in [2.45, 2.75) is 51.6 Å². The lowest BCUT2D eigenvalue weighted by Crippen LogP contribution is -2.36. The highest BCUT2D eigenvalue weighted by Gasteiger charge is 2.38. The smallest absolute Gasteiger partial charge is 0.106 e. The molecule has 0 radical (unpaired) electrons. The van der Waals surface area contributed by atoms with Crippen LogP contribution in [0, 0.1) is 17.8 Å². The van der Waals surface area contributed by atoms with E-state index in [1.165, 1.54) is 25.7 Å². The molecule has 2 fully saturated rings. The van der Waals surface area contributed by atoms with Gasteiger partial charge in [-0.3, -0.25) is 0 Å². The van der Waals surface area contributed by atoms with E-state index in [2.05, 4.69) is 6.92 Å². The van der Waals surface area contributed by atoms with Gasteiger partial charge in [0, 0.05) is 0 Å². The van der Waals surface area contributed by atoms with Crippen molar-refractivity contribution >= 4 is 0 Å². The molecule has 12 heavy (non-hydrogen) atoms. The van der Waals surface area contributed by atoms with Crippen LogP contribution in [-0.4, -0.2) is 6.17 Å². The summed E-state index contributed by atoms with van der Waals surface area (Å²) in [7, 11) is 0. The van der Waals surface area contributed by atoms with Gasteiger partial charge in [-0.15, -0.1) is 0 Å². The normalized spacial score (nSPS) is 48.5. The topological polar surface area (TPSA) is 0 Å². The van der Waals surface area contributed by atoms with E-state index in [4.69, 9.17) is 0 Å². The molecule has 2 aliphatic rings. The van der Waals surface area contributed by atoms with Crippen LogP contribution >= 0.6 is 0 Å². The van der Waals surface area contributed by atoms with E-state index in [0.717, 1.165) is 18.8 Å². The van der Waals surface area contributed by atoms with Crippen molar-refractivity contribution in [3.05, 3.63) is 0 Å². The van der Waals surface area contributed by atoms with E-state index in [1.54, 1.807) is 0 Å². The van der Waals surface area contributed by atoms with Gasteiger partial charge in [0.15, 0.2) is 0 Å². The molecular formula is C11H19F. The Morgan fingerprint density at radius 3 is 2.58 bits per heavy atom. The quantitative estimate of drug-likeness (QED) is 0.521. The summed E-state index contributed by atoms with van der Waals surface area (Å²) in [4.78, 5) is 0. The van der Waals surface area contributed by atoms with E-state index >= 15 is 0 Å². The van der Waals surface area contributed by atoms with Crippen LogP contribution in [0.3, 0.4) is 0 Å². The molecular weight excluding hydrogens is 151 g/mol. The monoisotopic (exact) mass is 170 g/mol. The first-order valence-corrected chi connectivity index (χ1v) is 5.43. The predicted molar refractivity (Wildman–Crippen MR) is 48.7 cm³/mol. The fourth-order valence-corrected chi connectivity index (χ4v) is 3.07. The molecule has 4 atom stereocenters. The molecule has 0 aromatic carbocycles. The summed E-state index contributed by atoms with van der Waals surface area (Å²) in [5.41, 5.74) is 0. The number of hydrogen-bond acceptors (Lipinski definition) is 0. The Hall–Kier alpha value is -0.0700. The second-order valence-electron chi connectivity index (χ2n) is 4.71. The number of hydrogen-bond donors (Lipinski definition) is 0. The molecule has 0 aromatic heterocycles. The summed E-state index contributed by atoms with van der Waals surface area (Å²) in [6, 6.07) is 0. The minimum Gasteiger partial charge on any atom is -0.247 e. The van der Waals surface area contributed by atoms with Crippen molar-refractivity contribution in [2.75, 3.05) is 0 Å². The first-order valence-electron chi connectivity index (χ1n) is 5.43. The lowest BCUT2D eigenvalue weighted by atomic mass is 9.67. The van der Waals surface area contributed by atoms with Gasteiger partial charge < -0.3 is 0 Å². The van der Waals surface area contributed by atoms with Crippen LogP contribution in [-0.2, 0) is 0 Å². The van der Waals surface area contributed by atoms with Crippen LogP contribution in [0.2, 0.25) is 0 Å². The van der Waals surface area contributed by atoms with Crippen molar-refractivity contribution in [1.29, 1.82) is 0 Å². The zero-order valence-electron chi connectivity index (χ0n) is 7.93. The maximum atomic E-state index is 13.7. The molecule has 1 heteroatoms. The minimum atomic E-state index is -0.482. The molecule has 2 rings (SSSR count). The van der Waals surface area contributed by atoms with E-state index < -0.39 is 6.17 Å². The van der Waals surface area contributed by atoms with Crippen molar-refractivity contribution < 1.29 is 4.39 Å². The molecule has 2 aliphatic carbocycles. The molecule has 2 saturated carbocycles. The van der Waals surface area contributed by atoms with Gasteiger partial charge in [0.25, 0.3) is 0 Å². The number of halogens is 1. The lowest BCUT2D eigenvalue weighted by molar-refractivity contribution is 0.0325. The van der Waals surface area contributed by atoms with Crippen molar-refractivity contribution in [1.82, 2.24) is 0 Å². The van der Waals surface area contributed by atoms with Crippen LogP contribution in [0.25, 0.3) is 0 Å². The van der Waals surface area contributed by atoms with Crippen LogP contribution in [0.5, 0.6) is 0 Å². The largest absolute Gasteiger partial charge is 0.247 e. The zero-order chi connectivity index (χ0) is 8.55. The lowest BCUT2D eigenvalue weighted by Gasteiger charge is -2.40. The molecule has 0 spiro atoms. The van der Waals surface area contributed by atoms with Crippen LogP contribution in [0.15, 0.2) is 0 Å². The van der Waals surface area contributed by atoms with Gasteiger partial charge >= 0.3 is 0 Å². The first kappa shape index (κ1) is 8.52. The van der Waals surface area contributed by atoms with Crippen LogP contribution in [0.4, 0.5) is 4.39 Å². The number of rotatable bonds is 0. The minimum absolute atomic E-state index is 0.337. The average Bonchev–Trinajstić information content (AvgIpc) is 2.12. The summed E-state index contributed by atoms with van der Waals surface area (Å²) in [5.74, 6) is 1.51. The summed E-state index contributed by atoms with van der Waals surface area (Å²) >= 11 is 0. The molecule has 0 nitrogen and oxygen atoms in total. The van der Waals surface area contributed by atoms with Gasteiger partial charge in [0.05, 0.1) is 0 Å². The number of alkyl halides is 1. The summed E-state index contributed by atoms with van der Waals surface area (Å²) < 4.78 is 13.7. The van der Waals surface area contributed by atoms with Gasteiger partial charge in [-0.25, -0.2) is 4.39 Å². The third-order valence-electron chi connectivity index (χ3n) is 3.91. The maximum Gasteiger partial charge on any atom is 0.106 e. The highest BCUT2D eigenvalue weighted by Crippen LogP contribution is 2.43. The third-order valence-corrected chi connectivity index (χ3v) is 3.91. The van der Waals surface area contributed by atoms with E-state index in [9.17, 15) is 4.39 Å². The Morgan fingerprint density at radius 2 is 1.75 bits per heavy atom. The predicted octanol–water partition coefficient (Wildman–Crippen LogP) is 3.56. The molecule has 0 aliphatic heterocycles. The van der Waals surface area contributed by atoms with Gasteiger partial charge in [-0.05, 0) is 37.0 Å². The van der Waals surface area contributed by atoms with Crippen molar-refractivity contribution in [2.24, 2.45) is 17.8 Å². The summed E-state index contributed by atoms with van der Waals surface area (Å²) in [5, 5.41) is 0. The molecule has 0 bridgehead atoms. The zero-order valence-corrected chi connectivity index (χ0v) is 7.93. The molecule has 0 amide bonds. The molecule has 0 N–H and O–H groups in total. The molecule has 0 aromatic rings. The molecule has 0 heterocycles. The van der Waals surface area contributed by atoms with Gasteiger partial charge in [-0.2, -0.15) is 0 Å². The standard InChI is InChI=1S/C11H19F/c1-8-6-7-9-4-2-3-5-10(9)11(8)12/h8-11H,2-7H2,1H3.